The van der Waals surface area contributed by atoms with E-state index >= 15 is 0 Å². The molecule has 156 valence electrons. The SMILES string of the molecule is CN=C(NCc1cccc(COC(C)(C)C)c1)NC1CCN(C2CCCC2)C1. The summed E-state index contributed by atoms with van der Waals surface area (Å²) in [5, 5.41) is 7.10. The average Bonchev–Trinajstić information content (AvgIpc) is 3.35. The average molecular weight is 387 g/mol. The fourth-order valence-corrected chi connectivity index (χ4v) is 4.21. The third-order valence-corrected chi connectivity index (χ3v) is 5.75. The lowest BCUT2D eigenvalue weighted by Crippen LogP contribution is -2.45. The maximum absolute atomic E-state index is 5.90. The zero-order valence-corrected chi connectivity index (χ0v) is 18.1. The molecule has 0 amide bonds. The molecule has 1 atom stereocenters. The van der Waals surface area contributed by atoms with Crippen molar-refractivity contribution in [1.82, 2.24) is 15.5 Å². The molecule has 5 heteroatoms. The molecule has 2 N–H and O–H groups in total. The third kappa shape index (κ3) is 6.49. The molecule has 1 aromatic rings. The van der Waals surface area contributed by atoms with Crippen LogP contribution in [-0.4, -0.2) is 48.7 Å². The summed E-state index contributed by atoms with van der Waals surface area (Å²) in [6.07, 6.45) is 6.78. The lowest BCUT2D eigenvalue weighted by molar-refractivity contribution is -0.0149. The van der Waals surface area contributed by atoms with Gasteiger partial charge >= 0.3 is 0 Å². The Kier molecular flexibility index (Phi) is 7.36. The van der Waals surface area contributed by atoms with Crippen LogP contribution in [0.15, 0.2) is 29.3 Å². The van der Waals surface area contributed by atoms with E-state index in [-0.39, 0.29) is 5.60 Å². The van der Waals surface area contributed by atoms with Gasteiger partial charge in [0, 0.05) is 38.8 Å². The Morgan fingerprint density at radius 2 is 1.93 bits per heavy atom. The Morgan fingerprint density at radius 1 is 1.18 bits per heavy atom. The Labute approximate surface area is 170 Å². The number of hydrogen-bond acceptors (Lipinski definition) is 3. The van der Waals surface area contributed by atoms with E-state index in [1.165, 1.54) is 49.8 Å². The molecular weight excluding hydrogens is 348 g/mol. The molecule has 1 heterocycles. The van der Waals surface area contributed by atoms with Gasteiger partial charge in [-0.3, -0.25) is 9.89 Å². The van der Waals surface area contributed by atoms with E-state index in [9.17, 15) is 0 Å². The molecular formula is C23H38N4O. The van der Waals surface area contributed by atoms with E-state index in [4.69, 9.17) is 4.74 Å². The number of aliphatic imine (C=N–C) groups is 1. The van der Waals surface area contributed by atoms with Gasteiger partial charge in [-0.15, -0.1) is 0 Å². The fourth-order valence-electron chi connectivity index (χ4n) is 4.21. The molecule has 1 saturated carbocycles. The zero-order valence-electron chi connectivity index (χ0n) is 18.1. The quantitative estimate of drug-likeness (QED) is 0.578. The van der Waals surface area contributed by atoms with E-state index in [1.54, 1.807) is 0 Å². The van der Waals surface area contributed by atoms with E-state index in [0.717, 1.165) is 25.1 Å². The van der Waals surface area contributed by atoms with Crippen LogP contribution in [0.3, 0.4) is 0 Å². The van der Waals surface area contributed by atoms with Crippen LogP contribution in [0.1, 0.15) is 64.0 Å². The second kappa shape index (κ2) is 9.75. The second-order valence-electron chi connectivity index (χ2n) is 9.21. The number of hydrogen-bond donors (Lipinski definition) is 2. The first-order valence-electron chi connectivity index (χ1n) is 10.9. The number of benzene rings is 1. The highest BCUT2D eigenvalue weighted by Gasteiger charge is 2.30. The summed E-state index contributed by atoms with van der Waals surface area (Å²) in [4.78, 5) is 7.11. The first-order valence-corrected chi connectivity index (χ1v) is 10.9. The largest absolute Gasteiger partial charge is 0.371 e. The van der Waals surface area contributed by atoms with Crippen LogP contribution < -0.4 is 10.6 Å². The van der Waals surface area contributed by atoms with Gasteiger partial charge in [-0.1, -0.05) is 37.1 Å². The summed E-state index contributed by atoms with van der Waals surface area (Å²) in [5.74, 6) is 0.898. The first kappa shape index (κ1) is 21.1. The predicted octanol–water partition coefficient (Wildman–Crippen LogP) is 3.68. The van der Waals surface area contributed by atoms with Gasteiger partial charge in [-0.25, -0.2) is 0 Å². The molecule has 28 heavy (non-hydrogen) atoms. The number of ether oxygens (including phenoxy) is 1. The van der Waals surface area contributed by atoms with Crippen LogP contribution in [0.4, 0.5) is 0 Å². The minimum absolute atomic E-state index is 0.117. The summed E-state index contributed by atoms with van der Waals surface area (Å²) < 4.78 is 5.90. The molecule has 1 unspecified atom stereocenters. The van der Waals surface area contributed by atoms with E-state index in [2.05, 4.69) is 65.6 Å². The highest BCUT2D eigenvalue weighted by molar-refractivity contribution is 5.80. The van der Waals surface area contributed by atoms with Crippen LogP contribution in [0.25, 0.3) is 0 Å². The molecule has 1 aliphatic heterocycles. The minimum Gasteiger partial charge on any atom is -0.371 e. The monoisotopic (exact) mass is 386 g/mol. The lowest BCUT2D eigenvalue weighted by Gasteiger charge is -2.24. The van der Waals surface area contributed by atoms with Crippen molar-refractivity contribution in [3.05, 3.63) is 35.4 Å². The van der Waals surface area contributed by atoms with Gasteiger partial charge in [0.25, 0.3) is 0 Å². The van der Waals surface area contributed by atoms with Gasteiger partial charge in [-0.2, -0.15) is 0 Å². The fraction of sp³-hybridized carbons (Fsp3) is 0.696. The maximum atomic E-state index is 5.90. The molecule has 2 aliphatic rings. The normalized spacial score (nSPS) is 22.0. The highest BCUT2D eigenvalue weighted by atomic mass is 16.5. The van der Waals surface area contributed by atoms with Crippen molar-refractivity contribution in [2.24, 2.45) is 4.99 Å². The second-order valence-corrected chi connectivity index (χ2v) is 9.21. The van der Waals surface area contributed by atoms with Gasteiger partial charge in [0.05, 0.1) is 12.2 Å². The number of nitrogens with zero attached hydrogens (tertiary/aromatic N) is 2. The lowest BCUT2D eigenvalue weighted by atomic mass is 10.1. The molecule has 5 nitrogen and oxygen atoms in total. The Bertz CT molecular complexity index is 646. The van der Waals surface area contributed by atoms with Crippen molar-refractivity contribution in [2.45, 2.75) is 83.7 Å². The number of nitrogens with one attached hydrogen (secondary N) is 2. The van der Waals surface area contributed by atoms with Crippen LogP contribution in [-0.2, 0) is 17.9 Å². The Morgan fingerprint density at radius 3 is 2.64 bits per heavy atom. The Balaban J connectivity index is 1.45. The molecule has 0 spiro atoms. The standard InChI is InChI=1S/C23H38N4O/c1-23(2,3)28-17-19-9-7-8-18(14-19)15-25-22(24-4)26-20-12-13-27(16-20)21-10-5-6-11-21/h7-9,14,20-21H,5-6,10-13,15-17H2,1-4H3,(H2,24,25,26). The number of rotatable bonds is 6. The van der Waals surface area contributed by atoms with Crippen molar-refractivity contribution in [2.75, 3.05) is 20.1 Å². The minimum atomic E-state index is -0.117. The Hall–Kier alpha value is -1.59. The van der Waals surface area contributed by atoms with Gasteiger partial charge in [-0.05, 0) is 51.2 Å². The summed E-state index contributed by atoms with van der Waals surface area (Å²) in [5.41, 5.74) is 2.34. The molecule has 0 aromatic heterocycles. The van der Waals surface area contributed by atoms with Crippen LogP contribution in [0, 0.1) is 0 Å². The van der Waals surface area contributed by atoms with Gasteiger partial charge < -0.3 is 15.4 Å². The van der Waals surface area contributed by atoms with Crippen molar-refractivity contribution < 1.29 is 4.74 Å². The molecule has 0 radical (unpaired) electrons. The van der Waals surface area contributed by atoms with Crippen LogP contribution in [0.2, 0.25) is 0 Å². The van der Waals surface area contributed by atoms with Crippen LogP contribution >= 0.6 is 0 Å². The molecule has 1 aromatic carbocycles. The van der Waals surface area contributed by atoms with E-state index in [0.29, 0.717) is 12.6 Å². The topological polar surface area (TPSA) is 48.9 Å². The summed E-state index contributed by atoms with van der Waals surface area (Å²) >= 11 is 0. The van der Waals surface area contributed by atoms with E-state index < -0.39 is 0 Å². The van der Waals surface area contributed by atoms with Crippen molar-refractivity contribution in [1.29, 1.82) is 0 Å². The molecule has 3 rings (SSSR count). The van der Waals surface area contributed by atoms with Crippen molar-refractivity contribution in [3.63, 3.8) is 0 Å². The molecule has 2 fully saturated rings. The zero-order chi connectivity index (χ0) is 20.0. The molecule has 1 saturated heterocycles. The molecule has 1 aliphatic carbocycles. The summed E-state index contributed by atoms with van der Waals surface area (Å²) in [6, 6.07) is 9.91. The summed E-state index contributed by atoms with van der Waals surface area (Å²) in [6.45, 7) is 10.0. The number of guanidine groups is 1. The predicted molar refractivity (Wildman–Crippen MR) is 117 cm³/mol. The molecule has 0 bridgehead atoms. The smallest absolute Gasteiger partial charge is 0.191 e. The van der Waals surface area contributed by atoms with Gasteiger partial charge in [0.15, 0.2) is 5.96 Å². The van der Waals surface area contributed by atoms with E-state index in [1.807, 2.05) is 7.05 Å². The van der Waals surface area contributed by atoms with Gasteiger partial charge in [0.2, 0.25) is 0 Å². The highest BCUT2D eigenvalue weighted by Crippen LogP contribution is 2.26. The maximum Gasteiger partial charge on any atom is 0.191 e. The van der Waals surface area contributed by atoms with Crippen LogP contribution in [0.5, 0.6) is 0 Å². The number of likely N-dealkylation sites (tertiary alicyclic amines) is 1. The van der Waals surface area contributed by atoms with Crippen molar-refractivity contribution in [3.8, 4) is 0 Å². The first-order chi connectivity index (χ1) is 13.4. The van der Waals surface area contributed by atoms with Crippen molar-refractivity contribution >= 4 is 5.96 Å². The summed E-state index contributed by atoms with van der Waals surface area (Å²) in [7, 11) is 1.85. The third-order valence-electron chi connectivity index (χ3n) is 5.75. The van der Waals surface area contributed by atoms with Gasteiger partial charge in [0.1, 0.15) is 0 Å².